The van der Waals surface area contributed by atoms with Crippen molar-refractivity contribution in [2.75, 3.05) is 32.7 Å². The van der Waals surface area contributed by atoms with Gasteiger partial charge in [-0.25, -0.2) is 0 Å². The molecule has 1 aliphatic rings. The average molecular weight is 320 g/mol. The summed E-state index contributed by atoms with van der Waals surface area (Å²) < 4.78 is 0. The molecule has 0 saturated carbocycles. The lowest BCUT2D eigenvalue weighted by Crippen LogP contribution is -2.48. The van der Waals surface area contributed by atoms with Crippen molar-refractivity contribution in [1.82, 2.24) is 9.80 Å². The van der Waals surface area contributed by atoms with E-state index in [1.807, 2.05) is 11.8 Å². The second kappa shape index (κ2) is 11.2. The molecule has 0 radical (unpaired) electrons. The van der Waals surface area contributed by atoms with Gasteiger partial charge in [-0.3, -0.25) is 14.5 Å². The van der Waals surface area contributed by atoms with E-state index in [2.05, 4.69) is 30.6 Å². The van der Waals surface area contributed by atoms with Gasteiger partial charge in [0.25, 0.3) is 0 Å². The number of ketones is 1. The molecule has 0 bridgehead atoms. The summed E-state index contributed by atoms with van der Waals surface area (Å²) in [6.07, 6.45) is 4.71. The molecule has 0 aromatic rings. The quantitative estimate of drug-likeness (QED) is 0.510. The fourth-order valence-electron chi connectivity index (χ4n) is 2.63. The third-order valence-corrected chi connectivity index (χ3v) is 4.16. The summed E-state index contributed by atoms with van der Waals surface area (Å²) in [7, 11) is 0. The van der Waals surface area contributed by atoms with E-state index in [4.69, 9.17) is 0 Å². The third-order valence-electron chi connectivity index (χ3n) is 4.16. The number of rotatable bonds is 8. The third kappa shape index (κ3) is 8.76. The van der Waals surface area contributed by atoms with E-state index in [9.17, 15) is 9.59 Å². The molecule has 0 N–H and O–H groups in total. The van der Waals surface area contributed by atoms with Crippen LogP contribution in [0.25, 0.3) is 0 Å². The van der Waals surface area contributed by atoms with Gasteiger partial charge in [0.05, 0.1) is 6.54 Å². The molecule has 130 valence electrons. The molecule has 1 amide bonds. The number of hydrogen-bond donors (Lipinski definition) is 0. The Kier molecular flexibility index (Phi) is 9.63. The van der Waals surface area contributed by atoms with Gasteiger partial charge in [0.2, 0.25) is 5.91 Å². The molecule has 1 saturated heterocycles. The van der Waals surface area contributed by atoms with Crippen LogP contribution in [0.4, 0.5) is 0 Å². The zero-order valence-corrected chi connectivity index (χ0v) is 15.1. The number of piperazine rings is 1. The highest BCUT2D eigenvalue weighted by Crippen LogP contribution is 2.09. The second-order valence-electron chi connectivity index (χ2n) is 6.59. The van der Waals surface area contributed by atoms with E-state index in [0.29, 0.717) is 31.0 Å². The Balaban J connectivity index is 2.13. The predicted molar refractivity (Wildman–Crippen MR) is 94.0 cm³/mol. The highest BCUT2D eigenvalue weighted by molar-refractivity contribution is 5.78. The van der Waals surface area contributed by atoms with Gasteiger partial charge >= 0.3 is 0 Å². The molecular formula is C19H32N2O2. The normalized spacial score (nSPS) is 15.4. The molecule has 1 heterocycles. The smallest absolute Gasteiger partial charge is 0.222 e. The van der Waals surface area contributed by atoms with Gasteiger partial charge in [-0.15, -0.1) is 0 Å². The van der Waals surface area contributed by atoms with Crippen LogP contribution < -0.4 is 0 Å². The highest BCUT2D eigenvalue weighted by Gasteiger charge is 2.19. The Morgan fingerprint density at radius 3 is 2.26 bits per heavy atom. The van der Waals surface area contributed by atoms with Crippen molar-refractivity contribution >= 4 is 11.7 Å². The Hall–Kier alpha value is -1.34. The second-order valence-corrected chi connectivity index (χ2v) is 6.59. The van der Waals surface area contributed by atoms with Crippen LogP contribution in [0.5, 0.6) is 0 Å². The van der Waals surface area contributed by atoms with E-state index < -0.39 is 0 Å². The van der Waals surface area contributed by atoms with Crippen LogP contribution in [0, 0.1) is 17.8 Å². The van der Waals surface area contributed by atoms with Crippen molar-refractivity contribution in [2.24, 2.45) is 5.92 Å². The number of amides is 1. The van der Waals surface area contributed by atoms with Crippen LogP contribution >= 0.6 is 0 Å². The largest absolute Gasteiger partial charge is 0.340 e. The maximum Gasteiger partial charge on any atom is 0.222 e. The van der Waals surface area contributed by atoms with Crippen molar-refractivity contribution < 1.29 is 9.59 Å². The van der Waals surface area contributed by atoms with Crippen molar-refractivity contribution in [2.45, 2.75) is 59.3 Å². The summed E-state index contributed by atoms with van der Waals surface area (Å²) in [5.74, 6) is 7.40. The summed E-state index contributed by atoms with van der Waals surface area (Å²) in [4.78, 5) is 27.7. The summed E-state index contributed by atoms with van der Waals surface area (Å²) >= 11 is 0. The van der Waals surface area contributed by atoms with Gasteiger partial charge in [0.15, 0.2) is 0 Å². The zero-order chi connectivity index (χ0) is 17.1. The first-order valence-electron chi connectivity index (χ1n) is 9.03. The maximum absolute atomic E-state index is 12.2. The molecule has 0 unspecified atom stereocenters. The fourth-order valence-corrected chi connectivity index (χ4v) is 2.63. The van der Waals surface area contributed by atoms with Crippen LogP contribution in [-0.4, -0.2) is 54.2 Å². The molecule has 4 heteroatoms. The van der Waals surface area contributed by atoms with Gasteiger partial charge in [-0.05, 0) is 12.8 Å². The monoisotopic (exact) mass is 320 g/mol. The van der Waals surface area contributed by atoms with E-state index in [0.717, 1.165) is 52.0 Å². The first-order chi connectivity index (χ1) is 11.0. The summed E-state index contributed by atoms with van der Waals surface area (Å²) in [5, 5.41) is 0. The Labute approximate surface area is 141 Å². The summed E-state index contributed by atoms with van der Waals surface area (Å²) in [6, 6.07) is 0. The summed E-state index contributed by atoms with van der Waals surface area (Å²) in [5.41, 5.74) is 0. The summed E-state index contributed by atoms with van der Waals surface area (Å²) in [6.45, 7) is 10.4. The van der Waals surface area contributed by atoms with Gasteiger partial charge in [-0.2, -0.15) is 0 Å². The van der Waals surface area contributed by atoms with Crippen molar-refractivity contribution in [3.05, 3.63) is 0 Å². The SMILES string of the molecule is CCC(=O)CCCCCC(=O)N1CCN(CC#CC(C)C)CC1. The molecule has 0 aliphatic carbocycles. The molecule has 23 heavy (non-hydrogen) atoms. The molecular weight excluding hydrogens is 288 g/mol. The van der Waals surface area contributed by atoms with Crippen molar-refractivity contribution in [3.8, 4) is 11.8 Å². The number of nitrogens with zero attached hydrogens (tertiary/aromatic N) is 2. The topological polar surface area (TPSA) is 40.6 Å². The van der Waals surface area contributed by atoms with Crippen LogP contribution in [0.2, 0.25) is 0 Å². The van der Waals surface area contributed by atoms with Crippen LogP contribution in [-0.2, 0) is 9.59 Å². The van der Waals surface area contributed by atoms with Gasteiger partial charge in [0, 0.05) is 51.4 Å². The maximum atomic E-state index is 12.2. The minimum atomic E-state index is 0.264. The van der Waals surface area contributed by atoms with Crippen LogP contribution in [0.15, 0.2) is 0 Å². The number of Topliss-reactive ketones (excluding diaryl/α,β-unsaturated/α-hetero) is 1. The molecule has 0 aromatic carbocycles. The first-order valence-corrected chi connectivity index (χ1v) is 9.03. The molecule has 1 aliphatic heterocycles. The number of carbonyl (C=O) groups excluding carboxylic acids is 2. The number of unbranched alkanes of at least 4 members (excludes halogenated alkanes) is 2. The van der Waals surface area contributed by atoms with Gasteiger partial charge in [0.1, 0.15) is 5.78 Å². The van der Waals surface area contributed by atoms with Crippen LogP contribution in [0.1, 0.15) is 59.3 Å². The van der Waals surface area contributed by atoms with E-state index in [-0.39, 0.29) is 5.91 Å². The Morgan fingerprint density at radius 1 is 1.00 bits per heavy atom. The van der Waals surface area contributed by atoms with Gasteiger partial charge < -0.3 is 4.90 Å². The Morgan fingerprint density at radius 2 is 1.65 bits per heavy atom. The molecule has 1 fully saturated rings. The minimum Gasteiger partial charge on any atom is -0.340 e. The fraction of sp³-hybridized carbons (Fsp3) is 0.789. The molecule has 1 rings (SSSR count). The van der Waals surface area contributed by atoms with Crippen molar-refractivity contribution in [3.63, 3.8) is 0 Å². The van der Waals surface area contributed by atoms with Crippen molar-refractivity contribution in [1.29, 1.82) is 0 Å². The lowest BCUT2D eigenvalue weighted by molar-refractivity contribution is -0.133. The number of hydrogen-bond acceptors (Lipinski definition) is 3. The molecule has 4 nitrogen and oxygen atoms in total. The first kappa shape index (κ1) is 19.7. The highest BCUT2D eigenvalue weighted by atomic mass is 16.2. The zero-order valence-electron chi connectivity index (χ0n) is 15.1. The standard InChI is InChI=1S/C19H32N2O2/c1-4-18(22)10-6-5-7-11-19(23)21-15-13-20(14-16-21)12-8-9-17(2)3/h17H,4-7,10-16H2,1-3H3. The van der Waals surface area contributed by atoms with E-state index in [1.165, 1.54) is 0 Å². The minimum absolute atomic E-state index is 0.264. The van der Waals surface area contributed by atoms with E-state index >= 15 is 0 Å². The van der Waals surface area contributed by atoms with Gasteiger partial charge in [-0.1, -0.05) is 39.0 Å². The lowest BCUT2D eigenvalue weighted by atomic mass is 10.1. The molecule has 0 spiro atoms. The predicted octanol–water partition coefficient (Wildman–Crippen LogP) is 2.72. The molecule has 0 aromatic heterocycles. The Bertz CT molecular complexity index is 426. The number of carbonyl (C=O) groups is 2. The molecule has 0 atom stereocenters. The van der Waals surface area contributed by atoms with Crippen LogP contribution in [0.3, 0.4) is 0 Å². The average Bonchev–Trinajstić information content (AvgIpc) is 2.54. The lowest BCUT2D eigenvalue weighted by Gasteiger charge is -2.33. The van der Waals surface area contributed by atoms with E-state index in [1.54, 1.807) is 0 Å².